The molecule has 1 N–H and O–H groups in total. The second kappa shape index (κ2) is 8.43. The lowest BCUT2D eigenvalue weighted by atomic mass is 10.0. The van der Waals surface area contributed by atoms with Crippen molar-refractivity contribution in [2.24, 2.45) is 5.92 Å². The first-order valence-corrected chi connectivity index (χ1v) is 9.26. The summed E-state index contributed by atoms with van der Waals surface area (Å²) in [7, 11) is 0. The maximum Gasteiger partial charge on any atom is 0.263 e. The number of nitrogens with zero attached hydrogens (tertiary/aromatic N) is 3. The summed E-state index contributed by atoms with van der Waals surface area (Å²) in [5.74, 6) is -0.196. The van der Waals surface area contributed by atoms with Crippen molar-refractivity contribution in [3.63, 3.8) is 0 Å². The fraction of sp³-hybridized carbons (Fsp3) is 0.450. The van der Waals surface area contributed by atoms with Crippen molar-refractivity contribution in [2.75, 3.05) is 19.6 Å². The Bertz CT molecular complexity index is 834. The Hall–Kier alpha value is -2.54. The molecule has 0 unspecified atom stereocenters. The van der Waals surface area contributed by atoms with Crippen LogP contribution in [0.2, 0.25) is 0 Å². The zero-order chi connectivity index (χ0) is 19.4. The van der Waals surface area contributed by atoms with E-state index >= 15 is 0 Å². The standard InChI is InChI=1S/C20H25FN4O2/c1-14(2)18-12-25(20(27)17-10-22-13-23-19(17)26)9-3-8-24(18)11-15-4-6-16(21)7-5-15/h4-7,10,13-14,18H,3,8-9,11-12H2,1-2H3,(H,22,23,26)/t18-/m1/s1. The molecule has 1 aliphatic rings. The van der Waals surface area contributed by atoms with E-state index in [1.54, 1.807) is 17.0 Å². The minimum absolute atomic E-state index is 0.0759. The third-order valence-corrected chi connectivity index (χ3v) is 5.05. The molecular formula is C20H25FN4O2. The van der Waals surface area contributed by atoms with Crippen LogP contribution in [0.4, 0.5) is 4.39 Å². The smallest absolute Gasteiger partial charge is 0.263 e. The SMILES string of the molecule is CC(C)[C@H]1CN(C(=O)c2cnc[nH]c2=O)CCCN1Cc1ccc(F)cc1. The van der Waals surface area contributed by atoms with Gasteiger partial charge in [0.2, 0.25) is 0 Å². The molecule has 3 rings (SSSR count). The molecule has 2 aromatic rings. The van der Waals surface area contributed by atoms with Gasteiger partial charge >= 0.3 is 0 Å². The van der Waals surface area contributed by atoms with Crippen molar-refractivity contribution in [3.05, 3.63) is 64.1 Å². The molecule has 1 aromatic heterocycles. The Labute approximate surface area is 158 Å². The lowest BCUT2D eigenvalue weighted by molar-refractivity contribution is 0.0700. The highest BCUT2D eigenvalue weighted by Gasteiger charge is 2.30. The first-order chi connectivity index (χ1) is 13.0. The van der Waals surface area contributed by atoms with Gasteiger partial charge in [-0.15, -0.1) is 0 Å². The van der Waals surface area contributed by atoms with Gasteiger partial charge in [-0.2, -0.15) is 0 Å². The molecule has 0 saturated carbocycles. The molecule has 1 fully saturated rings. The van der Waals surface area contributed by atoms with Crippen molar-refractivity contribution in [1.29, 1.82) is 0 Å². The fourth-order valence-electron chi connectivity index (χ4n) is 3.57. The number of nitrogens with one attached hydrogen (secondary N) is 1. The Morgan fingerprint density at radius 1 is 1.30 bits per heavy atom. The summed E-state index contributed by atoms with van der Waals surface area (Å²) >= 11 is 0. The molecule has 1 atom stereocenters. The van der Waals surface area contributed by atoms with Crippen LogP contribution in [0.5, 0.6) is 0 Å². The van der Waals surface area contributed by atoms with Crippen molar-refractivity contribution < 1.29 is 9.18 Å². The van der Waals surface area contributed by atoms with Gasteiger partial charge in [0, 0.05) is 38.4 Å². The van der Waals surface area contributed by atoms with Crippen LogP contribution in [-0.2, 0) is 6.54 Å². The highest BCUT2D eigenvalue weighted by molar-refractivity contribution is 5.93. The Kier molecular flexibility index (Phi) is 6.01. The molecule has 0 radical (unpaired) electrons. The molecule has 1 aromatic carbocycles. The van der Waals surface area contributed by atoms with Crippen molar-refractivity contribution in [3.8, 4) is 0 Å². The zero-order valence-electron chi connectivity index (χ0n) is 15.7. The predicted octanol–water partition coefficient (Wildman–Crippen LogP) is 2.28. The monoisotopic (exact) mass is 372 g/mol. The van der Waals surface area contributed by atoms with Crippen LogP contribution in [0.1, 0.15) is 36.2 Å². The van der Waals surface area contributed by atoms with E-state index in [-0.39, 0.29) is 23.3 Å². The first-order valence-electron chi connectivity index (χ1n) is 9.26. The molecule has 0 bridgehead atoms. The summed E-state index contributed by atoms with van der Waals surface area (Å²) in [4.78, 5) is 35.2. The first kappa shape index (κ1) is 19.2. The molecular weight excluding hydrogens is 347 g/mol. The summed E-state index contributed by atoms with van der Waals surface area (Å²) in [5, 5.41) is 0. The third-order valence-electron chi connectivity index (χ3n) is 5.05. The van der Waals surface area contributed by atoms with Crippen LogP contribution in [0.25, 0.3) is 0 Å². The van der Waals surface area contributed by atoms with Crippen LogP contribution < -0.4 is 5.56 Å². The summed E-state index contributed by atoms with van der Waals surface area (Å²) in [6.07, 6.45) is 3.42. The maximum absolute atomic E-state index is 13.2. The van der Waals surface area contributed by atoms with E-state index in [0.717, 1.165) is 18.5 Å². The van der Waals surface area contributed by atoms with Crippen LogP contribution >= 0.6 is 0 Å². The lowest BCUT2D eigenvalue weighted by Gasteiger charge is -2.34. The molecule has 1 amide bonds. The summed E-state index contributed by atoms with van der Waals surface area (Å²) in [6, 6.07) is 6.70. The minimum atomic E-state index is -0.413. The minimum Gasteiger partial charge on any atom is -0.337 e. The Morgan fingerprint density at radius 3 is 2.70 bits per heavy atom. The number of carbonyl (C=O) groups excluding carboxylic acids is 1. The number of hydrogen-bond donors (Lipinski definition) is 1. The molecule has 7 heteroatoms. The molecule has 144 valence electrons. The van der Waals surface area contributed by atoms with Gasteiger partial charge in [0.15, 0.2) is 0 Å². The number of carbonyl (C=O) groups is 1. The largest absolute Gasteiger partial charge is 0.337 e. The number of rotatable bonds is 4. The Morgan fingerprint density at radius 2 is 2.04 bits per heavy atom. The fourth-order valence-corrected chi connectivity index (χ4v) is 3.57. The van der Waals surface area contributed by atoms with Gasteiger partial charge in [0.05, 0.1) is 6.33 Å². The molecule has 0 aliphatic carbocycles. The Balaban J connectivity index is 1.78. The second-order valence-electron chi connectivity index (χ2n) is 7.31. The van der Waals surface area contributed by atoms with E-state index in [4.69, 9.17) is 0 Å². The molecule has 2 heterocycles. The van der Waals surface area contributed by atoms with Gasteiger partial charge in [-0.3, -0.25) is 14.5 Å². The van der Waals surface area contributed by atoms with Gasteiger partial charge in [-0.1, -0.05) is 26.0 Å². The van der Waals surface area contributed by atoms with Gasteiger partial charge < -0.3 is 9.88 Å². The number of benzene rings is 1. The highest BCUT2D eigenvalue weighted by atomic mass is 19.1. The van der Waals surface area contributed by atoms with E-state index in [1.807, 2.05) is 0 Å². The third kappa shape index (κ3) is 4.60. The maximum atomic E-state index is 13.2. The quantitative estimate of drug-likeness (QED) is 0.894. The topological polar surface area (TPSA) is 69.3 Å². The van der Waals surface area contributed by atoms with Gasteiger partial charge in [-0.25, -0.2) is 9.37 Å². The van der Waals surface area contributed by atoms with E-state index in [9.17, 15) is 14.0 Å². The molecule has 27 heavy (non-hydrogen) atoms. The van der Waals surface area contributed by atoms with Gasteiger partial charge in [-0.05, 0) is 30.0 Å². The number of aromatic amines is 1. The lowest BCUT2D eigenvalue weighted by Crippen LogP contribution is -2.46. The van der Waals surface area contributed by atoms with Crippen LogP contribution in [-0.4, -0.2) is 51.4 Å². The highest BCUT2D eigenvalue weighted by Crippen LogP contribution is 2.21. The zero-order valence-corrected chi connectivity index (χ0v) is 15.7. The summed E-state index contributed by atoms with van der Waals surface area (Å²) in [6.45, 7) is 6.95. The van der Waals surface area contributed by atoms with Crippen LogP contribution in [0, 0.1) is 11.7 Å². The number of aromatic nitrogens is 2. The van der Waals surface area contributed by atoms with E-state index < -0.39 is 5.56 Å². The number of amides is 1. The molecule has 6 nitrogen and oxygen atoms in total. The number of H-pyrrole nitrogens is 1. The van der Waals surface area contributed by atoms with Crippen LogP contribution in [0.15, 0.2) is 41.6 Å². The average molecular weight is 372 g/mol. The summed E-state index contributed by atoms with van der Waals surface area (Å²) in [5.41, 5.74) is 0.709. The normalized spacial score (nSPS) is 18.5. The molecule has 1 aliphatic heterocycles. The average Bonchev–Trinajstić information content (AvgIpc) is 2.86. The number of hydrogen-bond acceptors (Lipinski definition) is 4. The number of halogens is 1. The summed E-state index contributed by atoms with van der Waals surface area (Å²) < 4.78 is 13.2. The second-order valence-corrected chi connectivity index (χ2v) is 7.31. The van der Waals surface area contributed by atoms with Crippen molar-refractivity contribution in [1.82, 2.24) is 19.8 Å². The molecule has 1 saturated heterocycles. The van der Waals surface area contributed by atoms with Crippen LogP contribution in [0.3, 0.4) is 0 Å². The van der Waals surface area contributed by atoms with Gasteiger partial charge in [0.1, 0.15) is 11.4 Å². The van der Waals surface area contributed by atoms with E-state index in [2.05, 4.69) is 28.7 Å². The van der Waals surface area contributed by atoms with Crippen molar-refractivity contribution >= 4 is 5.91 Å². The van der Waals surface area contributed by atoms with E-state index in [0.29, 0.717) is 25.6 Å². The van der Waals surface area contributed by atoms with Gasteiger partial charge in [0.25, 0.3) is 11.5 Å². The molecule has 0 spiro atoms. The van der Waals surface area contributed by atoms with Crippen molar-refractivity contribution in [2.45, 2.75) is 32.9 Å². The predicted molar refractivity (Wildman–Crippen MR) is 101 cm³/mol. The van der Waals surface area contributed by atoms with E-state index in [1.165, 1.54) is 24.7 Å².